The van der Waals surface area contributed by atoms with Gasteiger partial charge in [-0.3, -0.25) is 5.01 Å². The van der Waals surface area contributed by atoms with E-state index < -0.39 is 0 Å². The molecule has 0 unspecified atom stereocenters. The summed E-state index contributed by atoms with van der Waals surface area (Å²) < 4.78 is 10.9. The molecule has 1 heterocycles. The summed E-state index contributed by atoms with van der Waals surface area (Å²) in [6, 6.07) is 26.8. The summed E-state index contributed by atoms with van der Waals surface area (Å²) in [6.07, 6.45) is 0.807. The first-order chi connectivity index (χ1) is 13.3. The Morgan fingerprint density at radius 1 is 0.852 bits per heavy atom. The van der Waals surface area contributed by atoms with Crippen molar-refractivity contribution in [3.63, 3.8) is 0 Å². The Morgan fingerprint density at radius 2 is 1.56 bits per heavy atom. The molecule has 0 fully saturated rings. The highest BCUT2D eigenvalue weighted by molar-refractivity contribution is 6.05. The molecule has 4 heteroatoms. The number of hydrazone groups is 1. The minimum atomic E-state index is 0.149. The predicted molar refractivity (Wildman–Crippen MR) is 109 cm³/mol. The van der Waals surface area contributed by atoms with Crippen LogP contribution in [0.4, 0.5) is 5.69 Å². The average molecular weight is 358 g/mol. The second-order valence-corrected chi connectivity index (χ2v) is 6.42. The minimum absolute atomic E-state index is 0.149. The Balaban J connectivity index is 1.76. The van der Waals surface area contributed by atoms with Crippen molar-refractivity contribution in [1.29, 1.82) is 0 Å². The maximum atomic E-state index is 5.60. The maximum absolute atomic E-state index is 5.60. The zero-order chi connectivity index (χ0) is 18.6. The van der Waals surface area contributed by atoms with E-state index >= 15 is 0 Å². The number of ether oxygens (including phenoxy) is 2. The lowest BCUT2D eigenvalue weighted by atomic mass is 9.97. The molecule has 4 rings (SSSR count). The molecule has 0 N–H and O–H groups in total. The fraction of sp³-hybridized carbons (Fsp3) is 0.174. The van der Waals surface area contributed by atoms with Crippen LogP contribution in [-0.4, -0.2) is 19.9 Å². The van der Waals surface area contributed by atoms with Gasteiger partial charge in [0.15, 0.2) is 0 Å². The van der Waals surface area contributed by atoms with Crippen LogP contribution in [-0.2, 0) is 0 Å². The Kier molecular flexibility index (Phi) is 4.79. The molecule has 27 heavy (non-hydrogen) atoms. The SMILES string of the molecule is COc1ccc(C2=NN(c3ccccc3)[C@H](c3ccccc3)C2)c(OC)c1. The Labute approximate surface area is 159 Å². The first-order valence-electron chi connectivity index (χ1n) is 8.99. The molecule has 4 nitrogen and oxygen atoms in total. The standard InChI is InChI=1S/C23H22N2O2/c1-26-19-13-14-20(23(15-19)27-2)21-16-22(17-9-5-3-6-10-17)25(24-21)18-11-7-4-8-12-18/h3-15,22H,16H2,1-2H3/t22-/m0/s1. The normalized spacial score (nSPS) is 16.1. The maximum Gasteiger partial charge on any atom is 0.131 e. The highest BCUT2D eigenvalue weighted by Crippen LogP contribution is 2.38. The van der Waals surface area contributed by atoms with E-state index in [9.17, 15) is 0 Å². The van der Waals surface area contributed by atoms with Crippen molar-refractivity contribution < 1.29 is 9.47 Å². The van der Waals surface area contributed by atoms with Crippen LogP contribution in [0.2, 0.25) is 0 Å². The number of hydrogen-bond donors (Lipinski definition) is 0. The van der Waals surface area contributed by atoms with Gasteiger partial charge >= 0.3 is 0 Å². The van der Waals surface area contributed by atoms with Crippen LogP contribution in [0.3, 0.4) is 0 Å². The lowest BCUT2D eigenvalue weighted by Crippen LogP contribution is -2.18. The van der Waals surface area contributed by atoms with E-state index in [1.54, 1.807) is 14.2 Å². The van der Waals surface area contributed by atoms with Crippen LogP contribution in [0.15, 0.2) is 84.0 Å². The molecule has 1 atom stereocenters. The van der Waals surface area contributed by atoms with Crippen molar-refractivity contribution in [3.05, 3.63) is 90.0 Å². The van der Waals surface area contributed by atoms with Gasteiger partial charge in [0.25, 0.3) is 0 Å². The quantitative estimate of drug-likeness (QED) is 0.639. The molecule has 136 valence electrons. The minimum Gasteiger partial charge on any atom is -0.497 e. The fourth-order valence-electron chi connectivity index (χ4n) is 3.46. The zero-order valence-corrected chi connectivity index (χ0v) is 15.5. The molecule has 1 aliphatic heterocycles. The molecule has 0 aliphatic carbocycles. The van der Waals surface area contributed by atoms with Crippen molar-refractivity contribution in [2.45, 2.75) is 12.5 Å². The summed E-state index contributed by atoms with van der Waals surface area (Å²) in [6.45, 7) is 0. The molecule has 0 spiro atoms. The first kappa shape index (κ1) is 17.2. The van der Waals surface area contributed by atoms with Crippen LogP contribution in [0.25, 0.3) is 0 Å². The van der Waals surface area contributed by atoms with Gasteiger partial charge in [-0.05, 0) is 29.8 Å². The number of benzene rings is 3. The third kappa shape index (κ3) is 3.38. The van der Waals surface area contributed by atoms with Crippen LogP contribution in [0.1, 0.15) is 23.6 Å². The largest absolute Gasteiger partial charge is 0.497 e. The van der Waals surface area contributed by atoms with Crippen molar-refractivity contribution in [2.75, 3.05) is 19.2 Å². The molecule has 1 aliphatic rings. The molecule has 0 saturated heterocycles. The topological polar surface area (TPSA) is 34.1 Å². The molecular weight excluding hydrogens is 336 g/mol. The van der Waals surface area contributed by atoms with Crippen LogP contribution < -0.4 is 14.5 Å². The third-order valence-electron chi connectivity index (χ3n) is 4.84. The van der Waals surface area contributed by atoms with Crippen LogP contribution in [0, 0.1) is 0 Å². The molecular formula is C23H22N2O2. The van der Waals surface area contributed by atoms with E-state index in [4.69, 9.17) is 14.6 Å². The summed E-state index contributed by atoms with van der Waals surface area (Å²) in [5.74, 6) is 1.54. The number of anilines is 1. The number of nitrogens with zero attached hydrogens (tertiary/aromatic N) is 2. The average Bonchev–Trinajstić information content (AvgIpc) is 3.19. The predicted octanol–water partition coefficient (Wildman–Crippen LogP) is 5.06. The molecule has 0 bridgehead atoms. The summed E-state index contributed by atoms with van der Waals surface area (Å²) in [7, 11) is 3.33. The number of rotatable bonds is 5. The van der Waals surface area contributed by atoms with Crippen molar-refractivity contribution in [3.8, 4) is 11.5 Å². The fourth-order valence-corrected chi connectivity index (χ4v) is 3.46. The third-order valence-corrected chi connectivity index (χ3v) is 4.84. The van der Waals surface area contributed by atoms with Crippen molar-refractivity contribution in [1.82, 2.24) is 0 Å². The number of methoxy groups -OCH3 is 2. The molecule has 3 aromatic carbocycles. The Hall–Kier alpha value is -3.27. The van der Waals surface area contributed by atoms with E-state index in [1.165, 1.54) is 5.56 Å². The lowest BCUT2D eigenvalue weighted by Gasteiger charge is -2.23. The Bertz CT molecular complexity index is 939. The second-order valence-electron chi connectivity index (χ2n) is 6.42. The van der Waals surface area contributed by atoms with Crippen molar-refractivity contribution >= 4 is 11.4 Å². The number of hydrogen-bond acceptors (Lipinski definition) is 4. The summed E-state index contributed by atoms with van der Waals surface area (Å²) in [5.41, 5.74) is 4.33. The van der Waals surface area contributed by atoms with Gasteiger partial charge in [-0.15, -0.1) is 0 Å². The lowest BCUT2D eigenvalue weighted by molar-refractivity contribution is 0.394. The van der Waals surface area contributed by atoms with E-state index in [2.05, 4.69) is 41.4 Å². The second kappa shape index (κ2) is 7.54. The van der Waals surface area contributed by atoms with Gasteiger partial charge in [0.2, 0.25) is 0 Å². The van der Waals surface area contributed by atoms with Gasteiger partial charge in [0, 0.05) is 18.1 Å². The van der Waals surface area contributed by atoms with E-state index in [0.717, 1.165) is 34.9 Å². The van der Waals surface area contributed by atoms with E-state index in [0.29, 0.717) is 0 Å². The Morgan fingerprint density at radius 3 is 2.22 bits per heavy atom. The molecule has 0 saturated carbocycles. The zero-order valence-electron chi connectivity index (χ0n) is 15.5. The summed E-state index contributed by atoms with van der Waals surface area (Å²) >= 11 is 0. The first-order valence-corrected chi connectivity index (χ1v) is 8.99. The smallest absolute Gasteiger partial charge is 0.131 e. The molecule has 0 radical (unpaired) electrons. The van der Waals surface area contributed by atoms with Gasteiger partial charge in [0.05, 0.1) is 31.7 Å². The van der Waals surface area contributed by atoms with Crippen LogP contribution >= 0.6 is 0 Å². The van der Waals surface area contributed by atoms with Gasteiger partial charge in [-0.1, -0.05) is 48.5 Å². The highest BCUT2D eigenvalue weighted by Gasteiger charge is 2.31. The summed E-state index contributed by atoms with van der Waals surface area (Å²) in [5, 5.41) is 7.09. The molecule has 0 aromatic heterocycles. The van der Waals surface area contributed by atoms with Crippen LogP contribution in [0.5, 0.6) is 11.5 Å². The van der Waals surface area contributed by atoms with Crippen molar-refractivity contribution in [2.24, 2.45) is 5.10 Å². The highest BCUT2D eigenvalue weighted by atomic mass is 16.5. The van der Waals surface area contributed by atoms with Gasteiger partial charge < -0.3 is 9.47 Å². The molecule has 0 amide bonds. The number of para-hydroxylation sites is 1. The summed E-state index contributed by atoms with van der Waals surface area (Å²) in [4.78, 5) is 0. The van der Waals surface area contributed by atoms with E-state index in [1.807, 2.05) is 42.5 Å². The monoisotopic (exact) mass is 358 g/mol. The molecule has 3 aromatic rings. The van der Waals surface area contributed by atoms with Gasteiger partial charge in [-0.25, -0.2) is 0 Å². The van der Waals surface area contributed by atoms with Gasteiger partial charge in [0.1, 0.15) is 11.5 Å². The van der Waals surface area contributed by atoms with Gasteiger partial charge in [-0.2, -0.15) is 5.10 Å². The van der Waals surface area contributed by atoms with E-state index in [-0.39, 0.29) is 6.04 Å².